The molecule has 0 spiro atoms. The molecule has 1 amide bonds. The quantitative estimate of drug-likeness (QED) is 0.838. The summed E-state index contributed by atoms with van der Waals surface area (Å²) in [5.74, 6) is -0.364. The van der Waals surface area contributed by atoms with Gasteiger partial charge in [0.25, 0.3) is 0 Å². The molecule has 1 saturated carbocycles. The first kappa shape index (κ1) is 12.0. The molecule has 1 fully saturated rings. The predicted octanol–water partition coefficient (Wildman–Crippen LogP) is 2.69. The van der Waals surface area contributed by atoms with Gasteiger partial charge in [-0.3, -0.25) is 4.79 Å². The van der Waals surface area contributed by atoms with Gasteiger partial charge in [0.15, 0.2) is 0 Å². The third-order valence-electron chi connectivity index (χ3n) is 4.06. The standard InChI is InChI=1S/C14H20N2O/c1-9-11(13(15)17)5-4-6-12(9)16-10(2)14(3)7-8-14/h4-6,10,16H,7-8H2,1-3H3,(H2,15,17). The number of carbonyl (C=O) groups excluding carboxylic acids is 1. The molecule has 0 radical (unpaired) electrons. The first-order valence-electron chi connectivity index (χ1n) is 6.10. The summed E-state index contributed by atoms with van der Waals surface area (Å²) in [6, 6.07) is 6.07. The van der Waals surface area contributed by atoms with Crippen LogP contribution in [0.4, 0.5) is 5.69 Å². The van der Waals surface area contributed by atoms with Crippen LogP contribution in [0.2, 0.25) is 0 Å². The number of amides is 1. The smallest absolute Gasteiger partial charge is 0.249 e. The van der Waals surface area contributed by atoms with E-state index in [2.05, 4.69) is 19.2 Å². The molecular weight excluding hydrogens is 212 g/mol. The number of hydrogen-bond donors (Lipinski definition) is 2. The highest BCUT2D eigenvalue weighted by molar-refractivity contribution is 5.95. The highest BCUT2D eigenvalue weighted by Crippen LogP contribution is 2.49. The van der Waals surface area contributed by atoms with E-state index in [0.29, 0.717) is 17.0 Å². The van der Waals surface area contributed by atoms with Crippen LogP contribution < -0.4 is 11.1 Å². The number of anilines is 1. The number of primary amides is 1. The van der Waals surface area contributed by atoms with Crippen molar-refractivity contribution in [1.82, 2.24) is 0 Å². The average Bonchev–Trinajstić information content (AvgIpc) is 3.00. The number of hydrogen-bond acceptors (Lipinski definition) is 2. The van der Waals surface area contributed by atoms with Gasteiger partial charge in [0.2, 0.25) is 5.91 Å². The molecule has 3 nitrogen and oxygen atoms in total. The van der Waals surface area contributed by atoms with E-state index in [4.69, 9.17) is 5.73 Å². The molecule has 1 aromatic carbocycles. The second-order valence-electron chi connectivity index (χ2n) is 5.36. The van der Waals surface area contributed by atoms with Crippen LogP contribution in [0.15, 0.2) is 18.2 Å². The van der Waals surface area contributed by atoms with Gasteiger partial charge in [-0.05, 0) is 49.8 Å². The Hall–Kier alpha value is -1.51. The fourth-order valence-corrected chi connectivity index (χ4v) is 2.10. The van der Waals surface area contributed by atoms with Gasteiger partial charge < -0.3 is 11.1 Å². The van der Waals surface area contributed by atoms with Crippen molar-refractivity contribution in [3.63, 3.8) is 0 Å². The molecule has 3 heteroatoms. The summed E-state index contributed by atoms with van der Waals surface area (Å²) in [5, 5.41) is 3.50. The maximum absolute atomic E-state index is 11.3. The Morgan fingerprint density at radius 3 is 2.65 bits per heavy atom. The minimum Gasteiger partial charge on any atom is -0.382 e. The molecule has 0 aliphatic heterocycles. The topological polar surface area (TPSA) is 55.1 Å². The van der Waals surface area contributed by atoms with Crippen LogP contribution in [0, 0.1) is 12.3 Å². The van der Waals surface area contributed by atoms with E-state index in [9.17, 15) is 4.79 Å². The van der Waals surface area contributed by atoms with Crippen molar-refractivity contribution in [2.75, 3.05) is 5.32 Å². The first-order chi connectivity index (χ1) is 7.94. The second kappa shape index (κ2) is 4.06. The highest BCUT2D eigenvalue weighted by atomic mass is 16.1. The van der Waals surface area contributed by atoms with Crippen LogP contribution in [0.1, 0.15) is 42.6 Å². The Labute approximate surface area is 102 Å². The zero-order valence-corrected chi connectivity index (χ0v) is 10.7. The fourth-order valence-electron chi connectivity index (χ4n) is 2.10. The van der Waals surface area contributed by atoms with Gasteiger partial charge in [0.05, 0.1) is 0 Å². The monoisotopic (exact) mass is 232 g/mol. The van der Waals surface area contributed by atoms with E-state index >= 15 is 0 Å². The zero-order chi connectivity index (χ0) is 12.6. The molecule has 1 atom stereocenters. The minimum atomic E-state index is -0.364. The molecule has 1 aromatic rings. The lowest BCUT2D eigenvalue weighted by molar-refractivity contribution is 0.1000. The van der Waals surface area contributed by atoms with E-state index in [1.54, 1.807) is 6.07 Å². The van der Waals surface area contributed by atoms with E-state index in [0.717, 1.165) is 11.3 Å². The molecule has 1 aliphatic rings. The molecule has 0 aromatic heterocycles. The molecule has 0 bridgehead atoms. The summed E-state index contributed by atoms with van der Waals surface area (Å²) >= 11 is 0. The van der Waals surface area contributed by atoms with Gasteiger partial charge in [-0.25, -0.2) is 0 Å². The van der Waals surface area contributed by atoms with Crippen molar-refractivity contribution in [3.05, 3.63) is 29.3 Å². The Balaban J connectivity index is 2.21. The van der Waals surface area contributed by atoms with Crippen molar-refractivity contribution in [1.29, 1.82) is 0 Å². The third kappa shape index (κ3) is 2.28. The zero-order valence-electron chi connectivity index (χ0n) is 10.7. The van der Waals surface area contributed by atoms with Crippen LogP contribution in [0.5, 0.6) is 0 Å². The molecule has 92 valence electrons. The predicted molar refractivity (Wildman–Crippen MR) is 70.1 cm³/mol. The molecule has 0 heterocycles. The minimum absolute atomic E-state index is 0.364. The summed E-state index contributed by atoms with van der Waals surface area (Å²) in [6.45, 7) is 6.42. The molecule has 3 N–H and O–H groups in total. The Morgan fingerprint density at radius 2 is 2.12 bits per heavy atom. The number of nitrogens with two attached hydrogens (primary N) is 1. The van der Waals surface area contributed by atoms with Gasteiger partial charge in [0.1, 0.15) is 0 Å². The summed E-state index contributed by atoms with van der Waals surface area (Å²) in [7, 11) is 0. The Morgan fingerprint density at radius 1 is 1.47 bits per heavy atom. The van der Waals surface area contributed by atoms with Crippen molar-refractivity contribution >= 4 is 11.6 Å². The number of nitrogens with one attached hydrogen (secondary N) is 1. The van der Waals surface area contributed by atoms with Crippen molar-refractivity contribution in [2.24, 2.45) is 11.1 Å². The SMILES string of the molecule is Cc1c(NC(C)C2(C)CC2)cccc1C(N)=O. The third-order valence-corrected chi connectivity index (χ3v) is 4.06. The van der Waals surface area contributed by atoms with Gasteiger partial charge in [-0.15, -0.1) is 0 Å². The normalized spacial score (nSPS) is 18.5. The van der Waals surface area contributed by atoms with Gasteiger partial charge in [0, 0.05) is 17.3 Å². The number of benzene rings is 1. The lowest BCUT2D eigenvalue weighted by Gasteiger charge is -2.23. The van der Waals surface area contributed by atoms with E-state index < -0.39 is 0 Å². The van der Waals surface area contributed by atoms with Crippen LogP contribution in [0.25, 0.3) is 0 Å². The maximum Gasteiger partial charge on any atom is 0.249 e. The van der Waals surface area contributed by atoms with Crippen LogP contribution in [-0.4, -0.2) is 11.9 Å². The average molecular weight is 232 g/mol. The van der Waals surface area contributed by atoms with Crippen LogP contribution in [0.3, 0.4) is 0 Å². The Kier molecular flexibility index (Phi) is 2.86. The number of carbonyl (C=O) groups is 1. The molecule has 2 rings (SSSR count). The molecule has 1 unspecified atom stereocenters. The molecule has 17 heavy (non-hydrogen) atoms. The molecule has 1 aliphatic carbocycles. The molecule has 0 saturated heterocycles. The van der Waals surface area contributed by atoms with Crippen molar-refractivity contribution in [3.8, 4) is 0 Å². The highest BCUT2D eigenvalue weighted by Gasteiger charge is 2.42. The van der Waals surface area contributed by atoms with Crippen LogP contribution >= 0.6 is 0 Å². The molecular formula is C14H20N2O. The lowest BCUT2D eigenvalue weighted by atomic mass is 9.99. The largest absolute Gasteiger partial charge is 0.382 e. The van der Waals surface area contributed by atoms with Crippen molar-refractivity contribution in [2.45, 2.75) is 39.7 Å². The maximum atomic E-state index is 11.3. The number of rotatable bonds is 4. The van der Waals surface area contributed by atoms with Gasteiger partial charge in [-0.1, -0.05) is 13.0 Å². The van der Waals surface area contributed by atoms with Gasteiger partial charge in [-0.2, -0.15) is 0 Å². The lowest BCUT2D eigenvalue weighted by Crippen LogP contribution is -2.25. The van der Waals surface area contributed by atoms with Gasteiger partial charge >= 0.3 is 0 Å². The van der Waals surface area contributed by atoms with E-state index in [1.165, 1.54) is 12.8 Å². The fraction of sp³-hybridized carbons (Fsp3) is 0.500. The second-order valence-corrected chi connectivity index (χ2v) is 5.36. The van der Waals surface area contributed by atoms with Crippen LogP contribution in [-0.2, 0) is 0 Å². The summed E-state index contributed by atoms with van der Waals surface area (Å²) in [4.78, 5) is 11.3. The Bertz CT molecular complexity index is 450. The summed E-state index contributed by atoms with van der Waals surface area (Å²) in [6.07, 6.45) is 2.55. The van der Waals surface area contributed by atoms with E-state index in [1.807, 2.05) is 19.1 Å². The summed E-state index contributed by atoms with van der Waals surface area (Å²) < 4.78 is 0. The first-order valence-corrected chi connectivity index (χ1v) is 6.10. The summed E-state index contributed by atoms with van der Waals surface area (Å²) in [5.41, 5.74) is 8.31. The van der Waals surface area contributed by atoms with E-state index in [-0.39, 0.29) is 5.91 Å². The van der Waals surface area contributed by atoms with Crippen molar-refractivity contribution < 1.29 is 4.79 Å².